The van der Waals surface area contributed by atoms with Gasteiger partial charge in [0.15, 0.2) is 6.10 Å². The predicted molar refractivity (Wildman–Crippen MR) is 321 cm³/mol. The van der Waals surface area contributed by atoms with Gasteiger partial charge in [0, 0.05) is 19.3 Å². The fourth-order valence-electron chi connectivity index (χ4n) is 9.43. The lowest BCUT2D eigenvalue weighted by Gasteiger charge is -2.18. The lowest BCUT2D eigenvalue weighted by atomic mass is 10.0. The van der Waals surface area contributed by atoms with Gasteiger partial charge < -0.3 is 14.2 Å². The Morgan fingerprint density at radius 1 is 0.284 bits per heavy atom. The maximum atomic E-state index is 12.8. The van der Waals surface area contributed by atoms with Crippen molar-refractivity contribution in [2.75, 3.05) is 13.2 Å². The topological polar surface area (TPSA) is 78.9 Å². The molecule has 0 aromatic carbocycles. The summed E-state index contributed by atoms with van der Waals surface area (Å²) in [4.78, 5) is 38.0. The number of ether oxygens (including phenoxy) is 3. The molecule has 0 spiro atoms. The molecular weight excluding hydrogens is 913 g/mol. The van der Waals surface area contributed by atoms with E-state index >= 15 is 0 Å². The second kappa shape index (κ2) is 62.6. The molecule has 6 nitrogen and oxygen atoms in total. The second-order valence-corrected chi connectivity index (χ2v) is 21.6. The van der Waals surface area contributed by atoms with E-state index in [9.17, 15) is 14.4 Å². The fourth-order valence-corrected chi connectivity index (χ4v) is 9.43. The molecule has 0 heterocycles. The molecule has 0 rings (SSSR count). The fraction of sp³-hybridized carbons (Fsp3) is 0.809. The Morgan fingerprint density at radius 2 is 0.527 bits per heavy atom. The molecule has 0 aliphatic rings. The molecule has 0 amide bonds. The molecule has 0 fully saturated rings. The third-order valence-corrected chi connectivity index (χ3v) is 14.3. The minimum absolute atomic E-state index is 0.0820. The van der Waals surface area contributed by atoms with E-state index in [0.29, 0.717) is 19.3 Å². The Kier molecular flexibility index (Phi) is 60.2. The molecule has 1 unspecified atom stereocenters. The molecule has 0 aliphatic heterocycles. The van der Waals surface area contributed by atoms with Crippen molar-refractivity contribution >= 4 is 17.9 Å². The largest absolute Gasteiger partial charge is 0.462 e. The first kappa shape index (κ1) is 71.1. The van der Waals surface area contributed by atoms with E-state index in [1.165, 1.54) is 205 Å². The van der Waals surface area contributed by atoms with Gasteiger partial charge in [-0.15, -0.1) is 0 Å². The zero-order valence-corrected chi connectivity index (χ0v) is 49.4. The number of carbonyl (C=O) groups excluding carboxylic acids is 3. The lowest BCUT2D eigenvalue weighted by molar-refractivity contribution is -0.167. The van der Waals surface area contributed by atoms with Crippen LogP contribution in [-0.2, 0) is 28.6 Å². The zero-order chi connectivity index (χ0) is 53.6. The van der Waals surface area contributed by atoms with Crippen molar-refractivity contribution in [1.82, 2.24) is 0 Å². The first-order valence-corrected chi connectivity index (χ1v) is 32.3. The highest BCUT2D eigenvalue weighted by atomic mass is 16.6. The maximum absolute atomic E-state index is 12.8. The molecule has 0 bridgehead atoms. The van der Waals surface area contributed by atoms with Crippen molar-refractivity contribution < 1.29 is 28.6 Å². The highest BCUT2D eigenvalue weighted by Crippen LogP contribution is 2.17. The van der Waals surface area contributed by atoms with Gasteiger partial charge >= 0.3 is 17.9 Å². The number of esters is 3. The molecule has 0 N–H and O–H groups in total. The summed E-state index contributed by atoms with van der Waals surface area (Å²) in [5.74, 6) is -0.903. The molecule has 0 saturated carbocycles. The van der Waals surface area contributed by atoms with Gasteiger partial charge in [0.25, 0.3) is 0 Å². The van der Waals surface area contributed by atoms with Gasteiger partial charge in [0.05, 0.1) is 0 Å². The van der Waals surface area contributed by atoms with Crippen LogP contribution in [0.2, 0.25) is 0 Å². The normalized spacial score (nSPS) is 12.4. The Hall–Kier alpha value is -2.89. The van der Waals surface area contributed by atoms with E-state index in [2.05, 4.69) is 81.5 Å². The maximum Gasteiger partial charge on any atom is 0.306 e. The van der Waals surface area contributed by atoms with E-state index in [4.69, 9.17) is 14.2 Å². The molecule has 74 heavy (non-hydrogen) atoms. The standard InChI is InChI=1S/C68H122O6/c1-4-7-10-13-16-19-21-23-24-25-26-27-28-29-30-31-32-33-34-35-36-37-38-39-40-41-42-43-44-46-47-49-52-55-58-61-67(70)73-64-65(63-72-66(69)60-57-54-51-18-15-12-9-6-3)74-68(71)62-59-56-53-50-48-45-22-20-17-14-11-8-5-2/h8,11,17,20-21,23,25-26,45,48,65H,4-7,9-10,12-16,18-19,22,24,27-44,46-47,49-64H2,1-3H3/b11-8-,20-17-,23-21-,26-25-,48-45-. The van der Waals surface area contributed by atoms with Crippen LogP contribution < -0.4 is 0 Å². The van der Waals surface area contributed by atoms with Crippen LogP contribution in [-0.4, -0.2) is 37.2 Å². The third kappa shape index (κ3) is 60.0. The Bertz CT molecular complexity index is 1330. The predicted octanol–water partition coefficient (Wildman–Crippen LogP) is 21.9. The first-order valence-electron chi connectivity index (χ1n) is 32.3. The second-order valence-electron chi connectivity index (χ2n) is 21.6. The smallest absolute Gasteiger partial charge is 0.306 e. The summed E-state index contributed by atoms with van der Waals surface area (Å²) in [6.45, 7) is 6.49. The molecule has 1 atom stereocenters. The average Bonchev–Trinajstić information content (AvgIpc) is 3.40. The van der Waals surface area contributed by atoms with Crippen molar-refractivity contribution in [3.05, 3.63) is 60.8 Å². The monoisotopic (exact) mass is 1030 g/mol. The summed E-state index contributed by atoms with van der Waals surface area (Å²) in [6.07, 6.45) is 80.0. The molecule has 430 valence electrons. The van der Waals surface area contributed by atoms with Gasteiger partial charge in [-0.05, 0) is 83.5 Å². The van der Waals surface area contributed by atoms with Crippen LogP contribution in [0.1, 0.15) is 335 Å². The van der Waals surface area contributed by atoms with Crippen LogP contribution in [0.5, 0.6) is 0 Å². The van der Waals surface area contributed by atoms with E-state index < -0.39 is 6.10 Å². The third-order valence-electron chi connectivity index (χ3n) is 14.3. The van der Waals surface area contributed by atoms with Crippen LogP contribution in [0, 0.1) is 0 Å². The Balaban J connectivity index is 3.94. The minimum Gasteiger partial charge on any atom is -0.462 e. The van der Waals surface area contributed by atoms with E-state index in [1.807, 2.05) is 0 Å². The van der Waals surface area contributed by atoms with Crippen molar-refractivity contribution in [2.24, 2.45) is 0 Å². The average molecular weight is 1040 g/mol. The summed E-state index contributed by atoms with van der Waals surface area (Å²) in [5.41, 5.74) is 0. The van der Waals surface area contributed by atoms with Crippen LogP contribution in [0.15, 0.2) is 60.8 Å². The lowest BCUT2D eigenvalue weighted by Crippen LogP contribution is -2.30. The van der Waals surface area contributed by atoms with Gasteiger partial charge in [0.1, 0.15) is 13.2 Å². The van der Waals surface area contributed by atoms with Crippen LogP contribution >= 0.6 is 0 Å². The number of allylic oxidation sites excluding steroid dienone is 10. The minimum atomic E-state index is -0.784. The molecule has 0 radical (unpaired) electrons. The van der Waals surface area contributed by atoms with Gasteiger partial charge in [-0.3, -0.25) is 14.4 Å². The molecule has 0 aromatic rings. The number of hydrogen-bond donors (Lipinski definition) is 0. The van der Waals surface area contributed by atoms with Gasteiger partial charge in [0.2, 0.25) is 0 Å². The molecule has 6 heteroatoms. The van der Waals surface area contributed by atoms with Crippen molar-refractivity contribution in [2.45, 2.75) is 341 Å². The van der Waals surface area contributed by atoms with Gasteiger partial charge in [-0.1, -0.05) is 293 Å². The number of rotatable bonds is 59. The highest BCUT2D eigenvalue weighted by Gasteiger charge is 2.19. The van der Waals surface area contributed by atoms with Crippen LogP contribution in [0.4, 0.5) is 0 Å². The SMILES string of the molecule is CC/C=C\C/C=C\C/C=C\CCCCCC(=O)OC(COC(=O)CCCCCCCCCC)COC(=O)CCCCCCCCCCCCCCCCCCCCCCCCC/C=C\C/C=C\CCCCCCC. The Morgan fingerprint density at radius 3 is 0.838 bits per heavy atom. The Labute approximate surface area is 460 Å². The van der Waals surface area contributed by atoms with Crippen LogP contribution in [0.25, 0.3) is 0 Å². The number of carbonyl (C=O) groups is 3. The summed E-state index contributed by atoms with van der Waals surface area (Å²) in [5, 5.41) is 0. The van der Waals surface area contributed by atoms with Crippen molar-refractivity contribution in [3.63, 3.8) is 0 Å². The summed E-state index contributed by atoms with van der Waals surface area (Å²) in [7, 11) is 0. The van der Waals surface area contributed by atoms with Crippen molar-refractivity contribution in [1.29, 1.82) is 0 Å². The molecule has 0 saturated heterocycles. The molecule has 0 aliphatic carbocycles. The van der Waals surface area contributed by atoms with Gasteiger partial charge in [-0.25, -0.2) is 0 Å². The molecular formula is C68H122O6. The van der Waals surface area contributed by atoms with Gasteiger partial charge in [-0.2, -0.15) is 0 Å². The van der Waals surface area contributed by atoms with Crippen molar-refractivity contribution in [3.8, 4) is 0 Å². The summed E-state index contributed by atoms with van der Waals surface area (Å²) < 4.78 is 16.8. The summed E-state index contributed by atoms with van der Waals surface area (Å²) >= 11 is 0. The van der Waals surface area contributed by atoms with E-state index in [-0.39, 0.29) is 31.1 Å². The highest BCUT2D eigenvalue weighted by molar-refractivity contribution is 5.71. The first-order chi connectivity index (χ1) is 36.5. The van der Waals surface area contributed by atoms with Crippen LogP contribution in [0.3, 0.4) is 0 Å². The van der Waals surface area contributed by atoms with E-state index in [1.54, 1.807) is 0 Å². The number of unbranched alkanes of at least 4 members (excludes halogenated alkanes) is 38. The quantitative estimate of drug-likeness (QED) is 0.0261. The molecule has 0 aromatic heterocycles. The van der Waals surface area contributed by atoms with E-state index in [0.717, 1.165) is 89.9 Å². The zero-order valence-electron chi connectivity index (χ0n) is 49.4. The number of hydrogen-bond acceptors (Lipinski definition) is 6. The summed E-state index contributed by atoms with van der Waals surface area (Å²) in [6, 6.07) is 0.